The summed E-state index contributed by atoms with van der Waals surface area (Å²) in [5, 5.41) is 5.35. The number of esters is 1. The summed E-state index contributed by atoms with van der Waals surface area (Å²) in [6.45, 7) is 10.0. The molecule has 1 heterocycles. The smallest absolute Gasteiger partial charge is 0.312 e. The van der Waals surface area contributed by atoms with Gasteiger partial charge in [-0.25, -0.2) is 4.79 Å². The number of imide groups is 1. The fraction of sp³-hybridized carbons (Fsp3) is 0.615. The van der Waals surface area contributed by atoms with Gasteiger partial charge >= 0.3 is 12.0 Å². The normalized spacial score (nSPS) is 13.7. The van der Waals surface area contributed by atoms with Crippen LogP contribution in [0.3, 0.4) is 0 Å². The monoisotopic (exact) mass is 774 g/mol. The van der Waals surface area contributed by atoms with Crippen molar-refractivity contribution >= 4 is 41.3 Å². The summed E-state index contributed by atoms with van der Waals surface area (Å²) in [5.41, 5.74) is 6.67. The third-order valence-corrected chi connectivity index (χ3v) is 8.52. The average molecular weight is 775 g/mol. The molecular formula is C39H58N4O12. The third-order valence-electron chi connectivity index (χ3n) is 8.52. The number of ether oxygens (including phenoxy) is 5. The van der Waals surface area contributed by atoms with Gasteiger partial charge in [-0.3, -0.25) is 33.7 Å². The second-order valence-corrected chi connectivity index (χ2v) is 13.7. The second kappa shape index (κ2) is 26.3. The molecule has 16 heteroatoms. The highest BCUT2D eigenvalue weighted by atomic mass is 16.6. The van der Waals surface area contributed by atoms with Gasteiger partial charge in [-0.05, 0) is 29.9 Å². The Morgan fingerprint density at radius 1 is 0.764 bits per heavy atom. The number of benzene rings is 1. The van der Waals surface area contributed by atoms with Gasteiger partial charge in [-0.1, -0.05) is 52.0 Å². The minimum atomic E-state index is -0.851. The number of carbonyl (C=O) groups is 7. The van der Waals surface area contributed by atoms with Crippen LogP contribution in [0.4, 0.5) is 4.79 Å². The number of ketones is 2. The maximum Gasteiger partial charge on any atom is 0.312 e. The highest BCUT2D eigenvalue weighted by molar-refractivity contribution is 6.12. The van der Waals surface area contributed by atoms with Crippen molar-refractivity contribution in [3.8, 4) is 0 Å². The maximum absolute atomic E-state index is 13.5. The van der Waals surface area contributed by atoms with E-state index in [1.54, 1.807) is 38.1 Å². The van der Waals surface area contributed by atoms with Crippen molar-refractivity contribution in [3.63, 3.8) is 0 Å². The maximum atomic E-state index is 13.5. The molecule has 55 heavy (non-hydrogen) atoms. The summed E-state index contributed by atoms with van der Waals surface area (Å²) in [6, 6.07) is 5.57. The van der Waals surface area contributed by atoms with Crippen molar-refractivity contribution in [2.75, 3.05) is 65.9 Å². The standard InChI is InChI=1S/C39H58N4O12/c1-27(2)32(25-31(44)13-16-51-18-20-53-22-23-54-21-19-52-17-15-43-35(46)11-12-36(43)47)37(48)42-33(6-5-14-41-39(40)50)34(45)24-29-7-9-30(10-8-29)26-55-38(49)28(3)4/h7-12,27-28,32-33H,5-6,13-26H2,1-4H3,(H,42,48)(H3,40,41,50). The fourth-order valence-electron chi connectivity index (χ4n) is 5.24. The minimum Gasteiger partial charge on any atom is -0.461 e. The van der Waals surface area contributed by atoms with Gasteiger partial charge in [-0.2, -0.15) is 0 Å². The number of rotatable bonds is 30. The summed E-state index contributed by atoms with van der Waals surface area (Å²) in [7, 11) is 0. The Hall–Kier alpha value is -4.51. The predicted octanol–water partition coefficient (Wildman–Crippen LogP) is 2.04. The highest BCUT2D eigenvalue weighted by Crippen LogP contribution is 2.19. The molecule has 1 aliphatic rings. The first-order chi connectivity index (χ1) is 26.3. The summed E-state index contributed by atoms with van der Waals surface area (Å²) < 4.78 is 27.1. The van der Waals surface area contributed by atoms with Crippen LogP contribution in [0.2, 0.25) is 0 Å². The number of nitrogens with one attached hydrogen (secondary N) is 2. The summed E-state index contributed by atoms with van der Waals surface area (Å²) >= 11 is 0. The molecule has 5 amide bonds. The molecule has 0 saturated heterocycles. The quantitative estimate of drug-likeness (QED) is 0.0581. The van der Waals surface area contributed by atoms with Gasteiger partial charge in [0.2, 0.25) is 5.91 Å². The molecule has 2 unspecified atom stereocenters. The number of amides is 5. The molecule has 0 aliphatic carbocycles. The van der Waals surface area contributed by atoms with E-state index in [9.17, 15) is 33.6 Å². The van der Waals surface area contributed by atoms with E-state index in [1.165, 1.54) is 12.2 Å². The van der Waals surface area contributed by atoms with Crippen molar-refractivity contribution in [2.24, 2.45) is 23.5 Å². The number of nitrogens with zero attached hydrogens (tertiary/aromatic N) is 1. The van der Waals surface area contributed by atoms with E-state index in [2.05, 4.69) is 10.6 Å². The van der Waals surface area contributed by atoms with Crippen LogP contribution in [-0.2, 0) is 65.5 Å². The van der Waals surface area contributed by atoms with Crippen molar-refractivity contribution < 1.29 is 57.2 Å². The van der Waals surface area contributed by atoms with Crippen LogP contribution in [0.25, 0.3) is 0 Å². The summed E-state index contributed by atoms with van der Waals surface area (Å²) in [5.74, 6) is -2.84. The zero-order valence-electron chi connectivity index (χ0n) is 32.5. The van der Waals surface area contributed by atoms with E-state index in [0.717, 1.165) is 16.0 Å². The van der Waals surface area contributed by atoms with E-state index in [0.29, 0.717) is 39.5 Å². The number of urea groups is 1. The zero-order valence-corrected chi connectivity index (χ0v) is 32.5. The van der Waals surface area contributed by atoms with Gasteiger partial charge in [0.1, 0.15) is 12.4 Å². The van der Waals surface area contributed by atoms with E-state index in [1.807, 2.05) is 13.8 Å². The first-order valence-electron chi connectivity index (χ1n) is 18.8. The van der Waals surface area contributed by atoms with Crippen LogP contribution < -0.4 is 16.4 Å². The number of Topliss-reactive ketones (excluding diaryl/α,β-unsaturated/α-hetero) is 2. The van der Waals surface area contributed by atoms with E-state index < -0.39 is 23.9 Å². The van der Waals surface area contributed by atoms with Gasteiger partial charge < -0.3 is 40.1 Å². The van der Waals surface area contributed by atoms with Crippen LogP contribution >= 0.6 is 0 Å². The molecule has 2 rings (SSSR count). The Morgan fingerprint density at radius 3 is 1.85 bits per heavy atom. The Kier molecular flexibility index (Phi) is 22.3. The van der Waals surface area contributed by atoms with Gasteiger partial charge in [0.15, 0.2) is 5.78 Å². The number of carbonyl (C=O) groups excluding carboxylic acids is 7. The molecule has 0 bridgehead atoms. The molecule has 0 fully saturated rings. The number of nitrogens with two attached hydrogens (primary N) is 1. The first-order valence-corrected chi connectivity index (χ1v) is 18.8. The largest absolute Gasteiger partial charge is 0.461 e. The van der Waals surface area contributed by atoms with E-state index >= 15 is 0 Å². The van der Waals surface area contributed by atoms with Gasteiger partial charge in [0, 0.05) is 43.9 Å². The van der Waals surface area contributed by atoms with Crippen LogP contribution in [0, 0.1) is 17.8 Å². The topological polar surface area (TPSA) is 219 Å². The molecule has 2 atom stereocenters. The molecule has 16 nitrogen and oxygen atoms in total. The third kappa shape index (κ3) is 19.6. The van der Waals surface area contributed by atoms with Crippen LogP contribution in [0.5, 0.6) is 0 Å². The lowest BCUT2D eigenvalue weighted by atomic mass is 9.88. The number of hydrogen-bond donors (Lipinski definition) is 3. The Balaban J connectivity index is 1.70. The molecule has 0 radical (unpaired) electrons. The number of primary amides is 1. The van der Waals surface area contributed by atoms with Gasteiger partial charge in [-0.15, -0.1) is 0 Å². The predicted molar refractivity (Wildman–Crippen MR) is 200 cm³/mol. The Labute approximate surface area is 323 Å². The lowest BCUT2D eigenvalue weighted by molar-refractivity contribution is -0.148. The van der Waals surface area contributed by atoms with Crippen LogP contribution in [-0.4, -0.2) is 118 Å². The van der Waals surface area contributed by atoms with Gasteiger partial charge in [0.25, 0.3) is 11.8 Å². The summed E-state index contributed by atoms with van der Waals surface area (Å²) in [4.78, 5) is 86.7. The Bertz CT molecular complexity index is 1410. The van der Waals surface area contributed by atoms with Crippen LogP contribution in [0.1, 0.15) is 64.5 Å². The molecule has 1 aromatic carbocycles. The average Bonchev–Trinajstić information content (AvgIpc) is 3.46. The SMILES string of the molecule is CC(C)C(=O)OCc1ccc(CC(=O)C(CCCNC(N)=O)NC(=O)C(CC(=O)CCOCCOCCOCCOCCN2C(=O)C=CC2=O)C(C)C)cc1. The molecule has 1 aromatic rings. The molecule has 0 aromatic heterocycles. The molecular weight excluding hydrogens is 716 g/mol. The molecule has 306 valence electrons. The van der Waals surface area contributed by atoms with Crippen molar-refractivity contribution in [1.29, 1.82) is 0 Å². The van der Waals surface area contributed by atoms with E-state index in [4.69, 9.17) is 29.4 Å². The van der Waals surface area contributed by atoms with Gasteiger partial charge in [0.05, 0.1) is 71.4 Å². The number of hydrogen-bond acceptors (Lipinski definition) is 12. The van der Waals surface area contributed by atoms with Crippen molar-refractivity contribution in [1.82, 2.24) is 15.5 Å². The molecule has 4 N–H and O–H groups in total. The fourth-order valence-corrected chi connectivity index (χ4v) is 5.24. The van der Waals surface area contributed by atoms with Crippen molar-refractivity contribution in [2.45, 2.75) is 72.4 Å². The minimum absolute atomic E-state index is 0.0108. The highest BCUT2D eigenvalue weighted by Gasteiger charge is 2.29. The molecule has 0 spiro atoms. The lowest BCUT2D eigenvalue weighted by Crippen LogP contribution is -2.46. The lowest BCUT2D eigenvalue weighted by Gasteiger charge is -2.24. The molecule has 0 saturated carbocycles. The Morgan fingerprint density at radius 2 is 1.31 bits per heavy atom. The first kappa shape index (κ1) is 46.6. The van der Waals surface area contributed by atoms with E-state index in [-0.39, 0.29) is 106 Å². The molecule has 1 aliphatic heterocycles. The van der Waals surface area contributed by atoms with Crippen molar-refractivity contribution in [3.05, 3.63) is 47.5 Å². The zero-order chi connectivity index (χ0) is 40.6. The van der Waals surface area contributed by atoms with Crippen LogP contribution in [0.15, 0.2) is 36.4 Å². The second-order valence-electron chi connectivity index (χ2n) is 13.7. The summed E-state index contributed by atoms with van der Waals surface area (Å²) in [6.07, 6.45) is 3.25.